The van der Waals surface area contributed by atoms with E-state index in [1.807, 2.05) is 48.5 Å². The third-order valence-corrected chi connectivity index (χ3v) is 6.11. The van der Waals surface area contributed by atoms with Gasteiger partial charge in [-0.1, -0.05) is 60.7 Å². The molecular formula is C23H27NO2. The first-order valence-electron chi connectivity index (χ1n) is 9.72. The maximum atomic E-state index is 13.1. The molecule has 0 saturated carbocycles. The molecule has 3 unspecified atom stereocenters. The first-order valence-corrected chi connectivity index (χ1v) is 9.72. The average Bonchev–Trinajstić information content (AvgIpc) is 2.88. The highest BCUT2D eigenvalue weighted by Crippen LogP contribution is 2.36. The van der Waals surface area contributed by atoms with Crippen LogP contribution in [-0.2, 0) is 16.0 Å². The van der Waals surface area contributed by atoms with Gasteiger partial charge in [-0.25, -0.2) is 0 Å². The van der Waals surface area contributed by atoms with Gasteiger partial charge in [0.25, 0.3) is 0 Å². The second-order valence-corrected chi connectivity index (χ2v) is 7.73. The summed E-state index contributed by atoms with van der Waals surface area (Å²) in [5, 5.41) is 0. The molecule has 2 heterocycles. The Morgan fingerprint density at radius 2 is 1.58 bits per heavy atom. The van der Waals surface area contributed by atoms with Gasteiger partial charge >= 0.3 is 5.97 Å². The van der Waals surface area contributed by atoms with Crippen molar-refractivity contribution < 1.29 is 9.53 Å². The maximum absolute atomic E-state index is 13.1. The van der Waals surface area contributed by atoms with Gasteiger partial charge in [-0.15, -0.1) is 0 Å². The van der Waals surface area contributed by atoms with Crippen molar-refractivity contribution >= 4 is 5.97 Å². The molecule has 3 nitrogen and oxygen atoms in total. The molecule has 3 heteroatoms. The number of fused-ring (bicyclic) bond motifs is 2. The Morgan fingerprint density at radius 1 is 1.00 bits per heavy atom. The highest BCUT2D eigenvalue weighted by Gasteiger charge is 2.40. The average molecular weight is 349 g/mol. The van der Waals surface area contributed by atoms with E-state index in [1.54, 1.807) is 0 Å². The molecule has 2 aromatic rings. The predicted molar refractivity (Wildman–Crippen MR) is 103 cm³/mol. The van der Waals surface area contributed by atoms with Crippen molar-refractivity contribution in [2.75, 3.05) is 7.05 Å². The fraction of sp³-hybridized carbons (Fsp3) is 0.435. The summed E-state index contributed by atoms with van der Waals surface area (Å²) in [5.41, 5.74) is 2.21. The molecule has 0 radical (unpaired) electrons. The van der Waals surface area contributed by atoms with E-state index >= 15 is 0 Å². The zero-order valence-electron chi connectivity index (χ0n) is 15.4. The standard InChI is InChI=1S/C23H27NO2/c1-24-19-12-13-20(24)16-21(15-19)26-23(25)22(18-10-6-3-7-11-18)14-17-8-4-2-5-9-17/h2-11,19-22H,12-16H2,1H3. The molecular weight excluding hydrogens is 322 g/mol. The van der Waals surface area contributed by atoms with Crippen LogP contribution in [0.1, 0.15) is 42.7 Å². The van der Waals surface area contributed by atoms with E-state index < -0.39 is 0 Å². The minimum absolute atomic E-state index is 0.0678. The summed E-state index contributed by atoms with van der Waals surface area (Å²) >= 11 is 0. The van der Waals surface area contributed by atoms with Gasteiger partial charge in [-0.2, -0.15) is 0 Å². The van der Waals surface area contributed by atoms with E-state index in [-0.39, 0.29) is 18.0 Å². The van der Waals surface area contributed by atoms with Crippen LogP contribution in [0.5, 0.6) is 0 Å². The Labute approximate surface area is 156 Å². The monoisotopic (exact) mass is 349 g/mol. The normalized spacial score (nSPS) is 26.4. The minimum atomic E-state index is -0.240. The summed E-state index contributed by atoms with van der Waals surface area (Å²) in [5.74, 6) is -0.315. The summed E-state index contributed by atoms with van der Waals surface area (Å²) in [7, 11) is 2.21. The topological polar surface area (TPSA) is 29.5 Å². The number of ether oxygens (including phenoxy) is 1. The van der Waals surface area contributed by atoms with Crippen LogP contribution in [0.3, 0.4) is 0 Å². The highest BCUT2D eigenvalue weighted by molar-refractivity contribution is 5.78. The van der Waals surface area contributed by atoms with Crippen LogP contribution in [0.15, 0.2) is 60.7 Å². The zero-order chi connectivity index (χ0) is 17.9. The number of carbonyl (C=O) groups is 1. The van der Waals surface area contributed by atoms with Crippen molar-refractivity contribution in [1.29, 1.82) is 0 Å². The smallest absolute Gasteiger partial charge is 0.314 e. The molecule has 3 atom stereocenters. The Balaban J connectivity index is 1.49. The molecule has 4 rings (SSSR count). The molecule has 0 N–H and O–H groups in total. The van der Waals surface area contributed by atoms with E-state index in [1.165, 1.54) is 18.4 Å². The van der Waals surface area contributed by atoms with E-state index in [4.69, 9.17) is 4.74 Å². The lowest BCUT2D eigenvalue weighted by molar-refractivity contribution is -0.154. The molecule has 2 bridgehead atoms. The van der Waals surface area contributed by atoms with Gasteiger partial charge in [-0.05, 0) is 50.3 Å². The molecule has 0 spiro atoms. The first kappa shape index (κ1) is 17.3. The fourth-order valence-corrected chi connectivity index (χ4v) is 4.58. The maximum Gasteiger partial charge on any atom is 0.314 e. The predicted octanol–water partition coefficient (Wildman–Crippen LogP) is 4.18. The van der Waals surface area contributed by atoms with Crippen LogP contribution in [0.4, 0.5) is 0 Å². The second kappa shape index (κ2) is 7.63. The van der Waals surface area contributed by atoms with E-state index in [0.717, 1.165) is 18.4 Å². The Kier molecular flexibility index (Phi) is 5.07. The molecule has 2 fully saturated rings. The van der Waals surface area contributed by atoms with Crippen LogP contribution in [0.25, 0.3) is 0 Å². The van der Waals surface area contributed by atoms with Crippen LogP contribution in [0, 0.1) is 0 Å². The molecule has 2 aromatic carbocycles. The van der Waals surface area contributed by atoms with Gasteiger partial charge < -0.3 is 9.64 Å². The van der Waals surface area contributed by atoms with Crippen LogP contribution >= 0.6 is 0 Å². The van der Waals surface area contributed by atoms with Crippen molar-refractivity contribution in [2.24, 2.45) is 0 Å². The Bertz CT molecular complexity index is 716. The molecule has 26 heavy (non-hydrogen) atoms. The fourth-order valence-electron chi connectivity index (χ4n) is 4.58. The van der Waals surface area contributed by atoms with Crippen molar-refractivity contribution in [3.8, 4) is 0 Å². The number of hydrogen-bond acceptors (Lipinski definition) is 3. The van der Waals surface area contributed by atoms with Crippen molar-refractivity contribution in [3.63, 3.8) is 0 Å². The molecule has 0 aliphatic carbocycles. The number of nitrogens with zero attached hydrogens (tertiary/aromatic N) is 1. The molecule has 2 saturated heterocycles. The van der Waals surface area contributed by atoms with E-state index in [0.29, 0.717) is 18.5 Å². The number of carbonyl (C=O) groups excluding carboxylic acids is 1. The number of rotatable bonds is 5. The number of piperidine rings is 1. The molecule has 2 aliphatic rings. The quantitative estimate of drug-likeness (QED) is 0.759. The van der Waals surface area contributed by atoms with Gasteiger partial charge in [0.05, 0.1) is 5.92 Å². The van der Waals surface area contributed by atoms with Gasteiger partial charge in [-0.3, -0.25) is 4.79 Å². The van der Waals surface area contributed by atoms with Crippen molar-refractivity contribution in [2.45, 2.75) is 56.2 Å². The second-order valence-electron chi connectivity index (χ2n) is 7.73. The summed E-state index contributed by atoms with van der Waals surface area (Å²) in [4.78, 5) is 15.6. The van der Waals surface area contributed by atoms with Crippen molar-refractivity contribution in [3.05, 3.63) is 71.8 Å². The Hall–Kier alpha value is -2.13. The summed E-state index contributed by atoms with van der Waals surface area (Å²) in [6.45, 7) is 0. The van der Waals surface area contributed by atoms with Gasteiger partial charge in [0.1, 0.15) is 6.10 Å². The third-order valence-electron chi connectivity index (χ3n) is 6.11. The van der Waals surface area contributed by atoms with Crippen molar-refractivity contribution in [1.82, 2.24) is 4.90 Å². The van der Waals surface area contributed by atoms with Crippen LogP contribution < -0.4 is 0 Å². The van der Waals surface area contributed by atoms with Crippen LogP contribution in [-0.4, -0.2) is 36.1 Å². The molecule has 0 aromatic heterocycles. The lowest BCUT2D eigenvalue weighted by Gasteiger charge is -2.36. The third kappa shape index (κ3) is 3.68. The first-order chi connectivity index (χ1) is 12.7. The Morgan fingerprint density at radius 3 is 2.19 bits per heavy atom. The van der Waals surface area contributed by atoms with Crippen LogP contribution in [0.2, 0.25) is 0 Å². The SMILES string of the molecule is CN1C2CCC1CC(OC(=O)C(Cc1ccccc1)c1ccccc1)C2. The van der Waals surface area contributed by atoms with Gasteiger partial charge in [0.15, 0.2) is 0 Å². The van der Waals surface area contributed by atoms with Gasteiger partial charge in [0.2, 0.25) is 0 Å². The highest BCUT2D eigenvalue weighted by atomic mass is 16.5. The minimum Gasteiger partial charge on any atom is -0.462 e. The molecule has 2 aliphatic heterocycles. The lowest BCUT2D eigenvalue weighted by atomic mass is 9.91. The zero-order valence-corrected chi connectivity index (χ0v) is 15.4. The lowest BCUT2D eigenvalue weighted by Crippen LogP contribution is -2.43. The largest absolute Gasteiger partial charge is 0.462 e. The molecule has 136 valence electrons. The number of hydrogen-bond donors (Lipinski definition) is 0. The van der Waals surface area contributed by atoms with E-state index in [2.05, 4.69) is 24.1 Å². The van der Waals surface area contributed by atoms with E-state index in [9.17, 15) is 4.79 Å². The summed E-state index contributed by atoms with van der Waals surface area (Å²) < 4.78 is 6.04. The molecule has 0 amide bonds. The number of benzene rings is 2. The summed E-state index contributed by atoms with van der Waals surface area (Å²) in [6.07, 6.45) is 5.18. The van der Waals surface area contributed by atoms with Gasteiger partial charge in [0, 0.05) is 12.1 Å². The summed E-state index contributed by atoms with van der Waals surface area (Å²) in [6, 6.07) is 21.4. The number of esters is 1.